The Labute approximate surface area is 113 Å². The number of hydrogen-bond donors (Lipinski definition) is 2. The van der Waals surface area contributed by atoms with E-state index in [9.17, 15) is 5.11 Å². The highest BCUT2D eigenvalue weighted by molar-refractivity contribution is 5.54. The zero-order valence-corrected chi connectivity index (χ0v) is 11.1. The fourth-order valence-corrected chi connectivity index (χ4v) is 2.75. The van der Waals surface area contributed by atoms with Crippen LogP contribution in [0.5, 0.6) is 0 Å². The Bertz CT molecular complexity index is 564. The van der Waals surface area contributed by atoms with Gasteiger partial charge in [0.25, 0.3) is 0 Å². The lowest BCUT2D eigenvalue weighted by Gasteiger charge is -2.30. The molecule has 0 spiro atoms. The van der Waals surface area contributed by atoms with Crippen molar-refractivity contribution >= 4 is 5.69 Å². The molecule has 2 unspecified atom stereocenters. The van der Waals surface area contributed by atoms with Crippen LogP contribution in [0.4, 0.5) is 5.69 Å². The quantitative estimate of drug-likeness (QED) is 0.887. The van der Waals surface area contributed by atoms with Crippen molar-refractivity contribution in [3.8, 4) is 0 Å². The Balaban J connectivity index is 1.81. The molecule has 2 atom stereocenters. The van der Waals surface area contributed by atoms with Gasteiger partial charge in [0.2, 0.25) is 0 Å². The highest BCUT2D eigenvalue weighted by Crippen LogP contribution is 2.30. The van der Waals surface area contributed by atoms with Crippen LogP contribution < -0.4 is 5.32 Å². The minimum Gasteiger partial charge on any atom is -0.385 e. The molecule has 2 heterocycles. The summed E-state index contributed by atoms with van der Waals surface area (Å²) in [6.07, 6.45) is 4.96. The fourth-order valence-electron chi connectivity index (χ4n) is 2.75. The number of fused-ring (bicyclic) bond motifs is 1. The topological polar surface area (TPSA) is 50.1 Å². The fraction of sp³-hybridized carbons (Fsp3) is 0.400. The number of aryl methyl sites for hydroxylation is 2. The van der Waals surface area contributed by atoms with Gasteiger partial charge in [-0.1, -0.05) is 18.2 Å². The van der Waals surface area contributed by atoms with Gasteiger partial charge in [-0.25, -0.2) is 4.98 Å². The van der Waals surface area contributed by atoms with Crippen molar-refractivity contribution in [1.82, 2.24) is 9.55 Å². The minimum absolute atomic E-state index is 0.0527. The van der Waals surface area contributed by atoms with Gasteiger partial charge < -0.3 is 15.0 Å². The molecule has 0 aliphatic carbocycles. The summed E-state index contributed by atoms with van der Waals surface area (Å²) in [5.41, 5.74) is 3.36. The van der Waals surface area contributed by atoms with E-state index in [1.165, 1.54) is 5.56 Å². The van der Waals surface area contributed by atoms with E-state index in [2.05, 4.69) is 35.4 Å². The Morgan fingerprint density at radius 2 is 2.32 bits per heavy atom. The van der Waals surface area contributed by atoms with Crippen molar-refractivity contribution in [2.75, 3.05) is 5.32 Å². The number of aromatic nitrogens is 2. The van der Waals surface area contributed by atoms with Crippen molar-refractivity contribution < 1.29 is 5.11 Å². The van der Waals surface area contributed by atoms with Crippen molar-refractivity contribution in [3.05, 3.63) is 48.0 Å². The van der Waals surface area contributed by atoms with E-state index in [1.54, 1.807) is 12.5 Å². The molecular weight excluding hydrogens is 238 g/mol. The first-order valence-corrected chi connectivity index (χ1v) is 6.82. The predicted octanol–water partition coefficient (Wildman–Crippen LogP) is 2.36. The number of anilines is 1. The minimum atomic E-state index is -0.518. The molecule has 4 heteroatoms. The number of rotatable bonds is 3. The zero-order chi connectivity index (χ0) is 13.2. The molecule has 1 aromatic carbocycles. The summed E-state index contributed by atoms with van der Waals surface area (Å²) in [5.74, 6) is 0. The van der Waals surface area contributed by atoms with Gasteiger partial charge in [0, 0.05) is 12.2 Å². The molecule has 19 heavy (non-hydrogen) atoms. The van der Waals surface area contributed by atoms with E-state index < -0.39 is 6.10 Å². The van der Waals surface area contributed by atoms with Crippen molar-refractivity contribution in [2.24, 2.45) is 0 Å². The van der Waals surface area contributed by atoms with Crippen LogP contribution in [-0.4, -0.2) is 20.7 Å². The second-order valence-corrected chi connectivity index (χ2v) is 5.00. The number of para-hydroxylation sites is 1. The molecule has 3 rings (SSSR count). The lowest BCUT2D eigenvalue weighted by atomic mass is 9.94. The molecule has 1 aliphatic heterocycles. The SMILES string of the molecule is CCn1cncc1C(O)C1CCc2ccccc2N1. The standard InChI is InChI=1S/C15H19N3O/c1-2-18-10-16-9-14(18)15(19)13-8-7-11-5-3-4-6-12(11)17-13/h3-6,9-10,13,15,17,19H,2,7-8H2,1H3. The highest BCUT2D eigenvalue weighted by atomic mass is 16.3. The maximum Gasteiger partial charge on any atom is 0.116 e. The zero-order valence-electron chi connectivity index (χ0n) is 11.1. The summed E-state index contributed by atoms with van der Waals surface area (Å²) in [4.78, 5) is 4.13. The molecular formula is C15H19N3O. The largest absolute Gasteiger partial charge is 0.385 e. The van der Waals surface area contributed by atoms with Crippen LogP contribution in [0.1, 0.15) is 30.7 Å². The van der Waals surface area contributed by atoms with Crippen LogP contribution in [0.15, 0.2) is 36.8 Å². The summed E-state index contributed by atoms with van der Waals surface area (Å²) >= 11 is 0. The Kier molecular flexibility index (Phi) is 3.25. The first-order valence-electron chi connectivity index (χ1n) is 6.82. The van der Waals surface area contributed by atoms with Crippen molar-refractivity contribution in [1.29, 1.82) is 0 Å². The Morgan fingerprint density at radius 3 is 3.16 bits per heavy atom. The summed E-state index contributed by atoms with van der Waals surface area (Å²) < 4.78 is 1.99. The molecule has 2 aromatic rings. The van der Waals surface area contributed by atoms with Gasteiger partial charge >= 0.3 is 0 Å². The monoisotopic (exact) mass is 257 g/mol. The van der Waals surface area contributed by atoms with Crippen LogP contribution in [0.3, 0.4) is 0 Å². The van der Waals surface area contributed by atoms with E-state index >= 15 is 0 Å². The van der Waals surface area contributed by atoms with E-state index in [0.29, 0.717) is 0 Å². The highest BCUT2D eigenvalue weighted by Gasteiger charge is 2.27. The van der Waals surface area contributed by atoms with Crippen LogP contribution in [-0.2, 0) is 13.0 Å². The van der Waals surface area contributed by atoms with Gasteiger partial charge in [0.1, 0.15) is 6.10 Å². The third-order valence-corrected chi connectivity index (χ3v) is 3.85. The third-order valence-electron chi connectivity index (χ3n) is 3.85. The third kappa shape index (κ3) is 2.24. The number of benzene rings is 1. The smallest absolute Gasteiger partial charge is 0.116 e. The van der Waals surface area contributed by atoms with Gasteiger partial charge in [-0.3, -0.25) is 0 Å². The summed E-state index contributed by atoms with van der Waals surface area (Å²) in [5, 5.41) is 14.0. The molecule has 1 aliphatic rings. The lowest BCUT2D eigenvalue weighted by Crippen LogP contribution is -2.32. The molecule has 100 valence electrons. The molecule has 0 amide bonds. The molecule has 2 N–H and O–H groups in total. The van der Waals surface area contributed by atoms with E-state index in [-0.39, 0.29) is 6.04 Å². The number of aliphatic hydroxyl groups is 1. The number of hydrogen-bond acceptors (Lipinski definition) is 3. The van der Waals surface area contributed by atoms with Gasteiger partial charge in [-0.05, 0) is 31.4 Å². The number of aliphatic hydroxyl groups excluding tert-OH is 1. The van der Waals surface area contributed by atoms with Crippen molar-refractivity contribution in [3.63, 3.8) is 0 Å². The molecule has 1 aromatic heterocycles. The van der Waals surface area contributed by atoms with Crippen LogP contribution >= 0.6 is 0 Å². The van der Waals surface area contributed by atoms with Gasteiger partial charge in [0.15, 0.2) is 0 Å². The van der Waals surface area contributed by atoms with Crippen molar-refractivity contribution in [2.45, 2.75) is 38.5 Å². The summed E-state index contributed by atoms with van der Waals surface area (Å²) in [6.45, 7) is 2.89. The second-order valence-electron chi connectivity index (χ2n) is 5.00. The first-order chi connectivity index (χ1) is 9.29. The lowest BCUT2D eigenvalue weighted by molar-refractivity contribution is 0.140. The van der Waals surface area contributed by atoms with Gasteiger partial charge in [-0.2, -0.15) is 0 Å². The molecule has 0 saturated carbocycles. The number of nitrogens with zero attached hydrogens (tertiary/aromatic N) is 2. The van der Waals surface area contributed by atoms with Gasteiger partial charge in [-0.15, -0.1) is 0 Å². The first kappa shape index (κ1) is 12.2. The van der Waals surface area contributed by atoms with Crippen LogP contribution in [0.2, 0.25) is 0 Å². The normalized spacial score (nSPS) is 19.6. The Morgan fingerprint density at radius 1 is 1.47 bits per heavy atom. The average Bonchev–Trinajstić information content (AvgIpc) is 2.94. The summed E-state index contributed by atoms with van der Waals surface area (Å²) in [6, 6.07) is 8.35. The maximum atomic E-state index is 10.5. The van der Waals surface area contributed by atoms with E-state index in [1.807, 2.05) is 10.6 Å². The predicted molar refractivity (Wildman–Crippen MR) is 75.0 cm³/mol. The number of nitrogens with one attached hydrogen (secondary N) is 1. The maximum absolute atomic E-state index is 10.5. The van der Waals surface area contributed by atoms with Crippen LogP contribution in [0.25, 0.3) is 0 Å². The average molecular weight is 257 g/mol. The summed E-state index contributed by atoms with van der Waals surface area (Å²) in [7, 11) is 0. The molecule has 0 fully saturated rings. The van der Waals surface area contributed by atoms with E-state index in [0.717, 1.165) is 30.8 Å². The van der Waals surface area contributed by atoms with Gasteiger partial charge in [0.05, 0.1) is 24.3 Å². The van der Waals surface area contributed by atoms with E-state index in [4.69, 9.17) is 0 Å². The van der Waals surface area contributed by atoms with Crippen LogP contribution in [0, 0.1) is 0 Å². The Hall–Kier alpha value is -1.81. The molecule has 0 saturated heterocycles. The molecule has 4 nitrogen and oxygen atoms in total. The second kappa shape index (κ2) is 5.05. The number of imidazole rings is 1. The molecule has 0 bridgehead atoms. The molecule has 0 radical (unpaired) electrons.